The topological polar surface area (TPSA) is 48.9 Å². The Hall–Kier alpha value is -0.0800. The number of rotatable bonds is 6. The minimum absolute atomic E-state index is 0. The molecule has 0 saturated carbocycles. The highest BCUT2D eigenvalue weighted by Crippen LogP contribution is 2.11. The van der Waals surface area contributed by atoms with Crippen molar-refractivity contribution in [2.75, 3.05) is 46.4 Å². The van der Waals surface area contributed by atoms with Gasteiger partial charge in [-0.3, -0.25) is 4.99 Å². The predicted molar refractivity (Wildman–Crippen MR) is 103 cm³/mol. The lowest BCUT2D eigenvalue weighted by atomic mass is 10.1. The second kappa shape index (κ2) is 11.5. The largest absolute Gasteiger partial charge is 0.376 e. The van der Waals surface area contributed by atoms with Crippen LogP contribution in [0.4, 0.5) is 0 Å². The minimum atomic E-state index is 0. The van der Waals surface area contributed by atoms with E-state index in [0.29, 0.717) is 12.0 Å². The lowest BCUT2D eigenvalue weighted by Crippen LogP contribution is -2.44. The molecule has 2 fully saturated rings. The van der Waals surface area contributed by atoms with E-state index in [1.165, 1.54) is 45.3 Å². The Morgan fingerprint density at radius 3 is 2.64 bits per heavy atom. The average molecular weight is 424 g/mol. The van der Waals surface area contributed by atoms with Crippen molar-refractivity contribution in [2.24, 2.45) is 10.9 Å². The molecule has 0 spiro atoms. The second-order valence-electron chi connectivity index (χ2n) is 6.44. The second-order valence-corrected chi connectivity index (χ2v) is 6.44. The van der Waals surface area contributed by atoms with Gasteiger partial charge in [-0.25, -0.2) is 0 Å². The van der Waals surface area contributed by atoms with Gasteiger partial charge in [0, 0.05) is 33.3 Å². The molecule has 2 unspecified atom stereocenters. The summed E-state index contributed by atoms with van der Waals surface area (Å²) >= 11 is 0. The molecule has 130 valence electrons. The number of likely N-dealkylation sites (tertiary alicyclic amines) is 1. The van der Waals surface area contributed by atoms with Gasteiger partial charge in [-0.15, -0.1) is 24.0 Å². The minimum Gasteiger partial charge on any atom is -0.376 e. The summed E-state index contributed by atoms with van der Waals surface area (Å²) in [6.45, 7) is 8.80. The maximum Gasteiger partial charge on any atom is 0.191 e. The van der Waals surface area contributed by atoms with Crippen LogP contribution in [0.15, 0.2) is 4.99 Å². The number of halogens is 1. The number of aliphatic imine (C=N–C) groups is 1. The lowest BCUT2D eigenvalue weighted by Gasteiger charge is -2.29. The van der Waals surface area contributed by atoms with E-state index < -0.39 is 0 Å². The zero-order valence-electron chi connectivity index (χ0n) is 14.1. The highest BCUT2D eigenvalue weighted by molar-refractivity contribution is 14.0. The molecule has 2 aliphatic rings. The molecular formula is C16H33IN4O. The maximum atomic E-state index is 5.62. The third kappa shape index (κ3) is 7.46. The number of ether oxygens (including phenoxy) is 1. The Morgan fingerprint density at radius 1 is 1.23 bits per heavy atom. The summed E-state index contributed by atoms with van der Waals surface area (Å²) < 4.78 is 5.62. The molecule has 5 nitrogen and oxygen atoms in total. The Kier molecular flexibility index (Phi) is 10.4. The summed E-state index contributed by atoms with van der Waals surface area (Å²) in [5.74, 6) is 1.54. The highest BCUT2D eigenvalue weighted by atomic mass is 127. The van der Waals surface area contributed by atoms with Gasteiger partial charge in [0.2, 0.25) is 0 Å². The van der Waals surface area contributed by atoms with E-state index in [4.69, 9.17) is 4.74 Å². The summed E-state index contributed by atoms with van der Waals surface area (Å²) in [6, 6.07) is 0. The SMILES string of the molecule is CN=C(NCC(C)CN1CCCCC1)NCC1CCCO1.I. The van der Waals surface area contributed by atoms with Crippen molar-refractivity contribution >= 4 is 29.9 Å². The summed E-state index contributed by atoms with van der Waals surface area (Å²) in [4.78, 5) is 6.89. The van der Waals surface area contributed by atoms with Crippen LogP contribution in [-0.4, -0.2) is 63.3 Å². The molecule has 2 saturated heterocycles. The van der Waals surface area contributed by atoms with E-state index in [1.807, 2.05) is 7.05 Å². The van der Waals surface area contributed by atoms with Gasteiger partial charge in [0.25, 0.3) is 0 Å². The van der Waals surface area contributed by atoms with Gasteiger partial charge in [-0.2, -0.15) is 0 Å². The first-order valence-corrected chi connectivity index (χ1v) is 8.56. The summed E-state index contributed by atoms with van der Waals surface area (Å²) in [6.07, 6.45) is 6.84. The molecular weight excluding hydrogens is 391 g/mol. The molecule has 2 aliphatic heterocycles. The van der Waals surface area contributed by atoms with Gasteiger partial charge >= 0.3 is 0 Å². The van der Waals surface area contributed by atoms with E-state index in [9.17, 15) is 0 Å². The molecule has 0 bridgehead atoms. The van der Waals surface area contributed by atoms with Crippen LogP contribution in [-0.2, 0) is 4.74 Å². The van der Waals surface area contributed by atoms with Crippen LogP contribution >= 0.6 is 24.0 Å². The van der Waals surface area contributed by atoms with Crippen LogP contribution < -0.4 is 10.6 Å². The van der Waals surface area contributed by atoms with E-state index in [0.717, 1.165) is 32.1 Å². The van der Waals surface area contributed by atoms with Gasteiger partial charge in [0.15, 0.2) is 5.96 Å². The van der Waals surface area contributed by atoms with E-state index in [2.05, 4.69) is 27.4 Å². The first kappa shape index (κ1) is 20.0. The molecule has 2 N–H and O–H groups in total. The van der Waals surface area contributed by atoms with Gasteiger partial charge in [0.1, 0.15) is 0 Å². The first-order valence-electron chi connectivity index (χ1n) is 8.56. The highest BCUT2D eigenvalue weighted by Gasteiger charge is 2.16. The van der Waals surface area contributed by atoms with Crippen molar-refractivity contribution in [1.29, 1.82) is 0 Å². The van der Waals surface area contributed by atoms with Gasteiger partial charge in [0.05, 0.1) is 6.10 Å². The fraction of sp³-hybridized carbons (Fsp3) is 0.938. The lowest BCUT2D eigenvalue weighted by molar-refractivity contribution is 0.113. The molecule has 2 rings (SSSR count). The van der Waals surface area contributed by atoms with Crippen molar-refractivity contribution < 1.29 is 4.74 Å². The molecule has 0 aromatic carbocycles. The predicted octanol–water partition coefficient (Wildman–Crippen LogP) is 2.07. The van der Waals surface area contributed by atoms with Crippen molar-refractivity contribution in [2.45, 2.75) is 45.1 Å². The number of nitrogens with zero attached hydrogens (tertiary/aromatic N) is 2. The molecule has 0 aromatic rings. The van der Waals surface area contributed by atoms with Crippen LogP contribution in [0.3, 0.4) is 0 Å². The Bertz CT molecular complexity index is 315. The Balaban J connectivity index is 0.00000242. The first-order chi connectivity index (χ1) is 10.3. The Labute approximate surface area is 152 Å². The Morgan fingerprint density at radius 2 is 2.00 bits per heavy atom. The van der Waals surface area contributed by atoms with Crippen LogP contribution in [0.2, 0.25) is 0 Å². The van der Waals surface area contributed by atoms with Crippen molar-refractivity contribution in [1.82, 2.24) is 15.5 Å². The number of piperidine rings is 1. The molecule has 22 heavy (non-hydrogen) atoms. The van der Waals surface area contributed by atoms with Crippen molar-refractivity contribution in [3.05, 3.63) is 0 Å². The molecule has 0 aromatic heterocycles. The summed E-state index contributed by atoms with van der Waals surface area (Å²) in [7, 11) is 1.83. The maximum absolute atomic E-state index is 5.62. The van der Waals surface area contributed by atoms with Crippen LogP contribution in [0, 0.1) is 5.92 Å². The standard InChI is InChI=1S/C16H32N4O.HI/c1-14(13-20-8-4-3-5-9-20)11-18-16(17-2)19-12-15-7-6-10-21-15;/h14-15H,3-13H2,1-2H3,(H2,17,18,19);1H. The van der Waals surface area contributed by atoms with Crippen molar-refractivity contribution in [3.63, 3.8) is 0 Å². The third-order valence-electron chi connectivity index (χ3n) is 4.38. The van der Waals surface area contributed by atoms with Gasteiger partial charge in [-0.1, -0.05) is 13.3 Å². The number of nitrogens with one attached hydrogen (secondary N) is 2. The zero-order valence-corrected chi connectivity index (χ0v) is 16.5. The van der Waals surface area contributed by atoms with Crippen molar-refractivity contribution in [3.8, 4) is 0 Å². The number of guanidine groups is 1. The van der Waals surface area contributed by atoms with E-state index in [1.54, 1.807) is 0 Å². The molecule has 2 heterocycles. The van der Waals surface area contributed by atoms with E-state index in [-0.39, 0.29) is 24.0 Å². The molecule has 0 radical (unpaired) electrons. The smallest absolute Gasteiger partial charge is 0.191 e. The summed E-state index contributed by atoms with van der Waals surface area (Å²) in [5.41, 5.74) is 0. The molecule has 6 heteroatoms. The molecule has 2 atom stereocenters. The third-order valence-corrected chi connectivity index (χ3v) is 4.38. The monoisotopic (exact) mass is 424 g/mol. The number of hydrogen-bond donors (Lipinski definition) is 2. The molecule has 0 aliphatic carbocycles. The normalized spacial score (nSPS) is 24.6. The number of hydrogen-bond acceptors (Lipinski definition) is 3. The summed E-state index contributed by atoms with van der Waals surface area (Å²) in [5, 5.41) is 6.81. The quantitative estimate of drug-likeness (QED) is 0.390. The van der Waals surface area contributed by atoms with Gasteiger partial charge < -0.3 is 20.3 Å². The fourth-order valence-electron chi connectivity index (χ4n) is 3.15. The average Bonchev–Trinajstić information content (AvgIpc) is 3.02. The fourth-order valence-corrected chi connectivity index (χ4v) is 3.15. The van der Waals surface area contributed by atoms with Crippen LogP contribution in [0.5, 0.6) is 0 Å². The van der Waals surface area contributed by atoms with Gasteiger partial charge in [-0.05, 0) is 44.7 Å². The van der Waals surface area contributed by atoms with Crippen LogP contribution in [0.25, 0.3) is 0 Å². The van der Waals surface area contributed by atoms with E-state index >= 15 is 0 Å². The molecule has 0 amide bonds. The van der Waals surface area contributed by atoms with Crippen LogP contribution in [0.1, 0.15) is 39.0 Å². The zero-order chi connectivity index (χ0) is 14.9.